The van der Waals surface area contributed by atoms with Crippen LogP contribution in [0.4, 0.5) is 5.69 Å². The lowest BCUT2D eigenvalue weighted by Crippen LogP contribution is -2.20. The summed E-state index contributed by atoms with van der Waals surface area (Å²) in [5, 5.41) is 0. The number of nitrogens with zero attached hydrogens (tertiary/aromatic N) is 1. The van der Waals surface area contributed by atoms with Gasteiger partial charge >= 0.3 is 0 Å². The third-order valence-electron chi connectivity index (χ3n) is 4.64. The maximum absolute atomic E-state index is 12.8. The maximum atomic E-state index is 12.8. The fraction of sp³-hybridized carbons (Fsp3) is 0.0909. The minimum absolute atomic E-state index is 0.0836. The van der Waals surface area contributed by atoms with Gasteiger partial charge in [-0.3, -0.25) is 9.59 Å². The van der Waals surface area contributed by atoms with E-state index >= 15 is 0 Å². The van der Waals surface area contributed by atoms with Crippen molar-refractivity contribution in [3.8, 4) is 11.1 Å². The molecule has 3 aromatic rings. The minimum atomic E-state index is -0.0861. The molecular weight excluding hydrogens is 310 g/mol. The Balaban J connectivity index is 1.80. The molecule has 3 heteroatoms. The molecule has 4 rings (SSSR count). The molecule has 0 saturated heterocycles. The highest BCUT2D eigenvalue weighted by atomic mass is 16.1. The topological polar surface area (TPSA) is 37.4 Å². The zero-order valence-electron chi connectivity index (χ0n) is 14.1. The van der Waals surface area contributed by atoms with Crippen LogP contribution in [0.2, 0.25) is 0 Å². The Labute approximate surface area is 146 Å². The van der Waals surface area contributed by atoms with E-state index < -0.39 is 0 Å². The highest BCUT2D eigenvalue weighted by molar-refractivity contribution is 6.28. The number of hydrogen-bond acceptors (Lipinski definition) is 3. The van der Waals surface area contributed by atoms with Gasteiger partial charge in [-0.15, -0.1) is 0 Å². The number of benzene rings is 3. The molecule has 0 unspecified atom stereocenters. The molecular formula is C22H17NO2. The van der Waals surface area contributed by atoms with Crippen LogP contribution in [0.25, 0.3) is 11.1 Å². The average Bonchev–Trinajstić information content (AvgIpc) is 2.66. The average molecular weight is 327 g/mol. The summed E-state index contributed by atoms with van der Waals surface area (Å²) in [5.74, 6) is -0.170. The van der Waals surface area contributed by atoms with E-state index in [4.69, 9.17) is 0 Å². The first-order chi connectivity index (χ1) is 12.1. The fourth-order valence-corrected chi connectivity index (χ4v) is 3.23. The van der Waals surface area contributed by atoms with Crippen molar-refractivity contribution in [2.75, 3.05) is 19.0 Å². The molecule has 0 amide bonds. The lowest BCUT2D eigenvalue weighted by Gasteiger charge is -2.18. The van der Waals surface area contributed by atoms with Crippen LogP contribution in [0.5, 0.6) is 0 Å². The van der Waals surface area contributed by atoms with Crippen LogP contribution >= 0.6 is 0 Å². The van der Waals surface area contributed by atoms with E-state index in [0.29, 0.717) is 22.3 Å². The Bertz CT molecular complexity index is 1000. The first-order valence-electron chi connectivity index (χ1n) is 8.16. The standard InChI is InChI=1S/C22H17NO2/c1-23(2)16-10-7-14(8-11-16)15-9-12-19-20(13-15)22(25)18-6-4-3-5-17(18)21(19)24/h3-13H,1-2H3. The van der Waals surface area contributed by atoms with Crippen molar-refractivity contribution < 1.29 is 9.59 Å². The van der Waals surface area contributed by atoms with Crippen molar-refractivity contribution in [1.29, 1.82) is 0 Å². The van der Waals surface area contributed by atoms with Gasteiger partial charge in [0.25, 0.3) is 0 Å². The maximum Gasteiger partial charge on any atom is 0.194 e. The molecule has 0 bridgehead atoms. The van der Waals surface area contributed by atoms with Crippen LogP contribution in [-0.4, -0.2) is 25.7 Å². The molecule has 0 saturated carbocycles. The Morgan fingerprint density at radius 2 is 1.12 bits per heavy atom. The van der Waals surface area contributed by atoms with Gasteiger partial charge in [-0.2, -0.15) is 0 Å². The van der Waals surface area contributed by atoms with E-state index in [2.05, 4.69) is 0 Å². The van der Waals surface area contributed by atoms with Gasteiger partial charge in [-0.1, -0.05) is 42.5 Å². The van der Waals surface area contributed by atoms with Gasteiger partial charge in [0.05, 0.1) is 0 Å². The minimum Gasteiger partial charge on any atom is -0.378 e. The molecule has 1 aliphatic carbocycles. The highest BCUT2D eigenvalue weighted by Gasteiger charge is 2.29. The van der Waals surface area contributed by atoms with E-state index in [-0.39, 0.29) is 11.6 Å². The van der Waals surface area contributed by atoms with Crippen LogP contribution in [0.15, 0.2) is 66.7 Å². The van der Waals surface area contributed by atoms with Gasteiger partial charge in [-0.05, 0) is 35.4 Å². The zero-order chi connectivity index (χ0) is 17.6. The molecule has 0 aliphatic heterocycles. The third-order valence-corrected chi connectivity index (χ3v) is 4.64. The SMILES string of the molecule is CN(C)c1ccc(-c2ccc3c(c2)C(=O)c2ccccc2C3=O)cc1. The summed E-state index contributed by atoms with van der Waals surface area (Å²) >= 11 is 0. The second-order valence-electron chi connectivity index (χ2n) is 6.41. The van der Waals surface area contributed by atoms with Gasteiger partial charge in [0, 0.05) is 42.0 Å². The molecule has 0 radical (unpaired) electrons. The summed E-state index contributed by atoms with van der Waals surface area (Å²) in [6.45, 7) is 0. The predicted molar refractivity (Wildman–Crippen MR) is 99.5 cm³/mol. The van der Waals surface area contributed by atoms with Crippen LogP contribution in [0.3, 0.4) is 0 Å². The van der Waals surface area contributed by atoms with Crippen molar-refractivity contribution in [3.63, 3.8) is 0 Å². The van der Waals surface area contributed by atoms with E-state index in [1.807, 2.05) is 55.4 Å². The molecule has 1 aliphatic rings. The van der Waals surface area contributed by atoms with Gasteiger partial charge < -0.3 is 4.90 Å². The number of carbonyl (C=O) groups excluding carboxylic acids is 2. The normalized spacial score (nSPS) is 12.6. The van der Waals surface area contributed by atoms with Crippen molar-refractivity contribution in [1.82, 2.24) is 0 Å². The number of rotatable bonds is 2. The first-order valence-corrected chi connectivity index (χ1v) is 8.16. The number of carbonyl (C=O) groups is 2. The highest BCUT2D eigenvalue weighted by Crippen LogP contribution is 2.31. The Hall–Kier alpha value is -3.20. The van der Waals surface area contributed by atoms with Crippen molar-refractivity contribution >= 4 is 17.3 Å². The van der Waals surface area contributed by atoms with Gasteiger partial charge in [-0.25, -0.2) is 0 Å². The third kappa shape index (κ3) is 2.45. The van der Waals surface area contributed by atoms with Gasteiger partial charge in [0.15, 0.2) is 11.6 Å². The van der Waals surface area contributed by atoms with E-state index in [0.717, 1.165) is 16.8 Å². The Morgan fingerprint density at radius 3 is 1.72 bits per heavy atom. The molecule has 0 spiro atoms. The van der Waals surface area contributed by atoms with Crippen molar-refractivity contribution in [2.45, 2.75) is 0 Å². The lowest BCUT2D eigenvalue weighted by atomic mass is 9.83. The predicted octanol–water partition coefficient (Wildman–Crippen LogP) is 4.20. The summed E-state index contributed by atoms with van der Waals surface area (Å²) in [6.07, 6.45) is 0. The lowest BCUT2D eigenvalue weighted by molar-refractivity contribution is 0.0979. The molecule has 0 atom stereocenters. The first kappa shape index (κ1) is 15.3. The van der Waals surface area contributed by atoms with Crippen molar-refractivity contribution in [3.05, 3.63) is 89.0 Å². The number of hydrogen-bond donors (Lipinski definition) is 0. The second-order valence-corrected chi connectivity index (χ2v) is 6.41. The van der Waals surface area contributed by atoms with Crippen LogP contribution < -0.4 is 4.90 Å². The summed E-state index contributed by atoms with van der Waals surface area (Å²) in [5.41, 5.74) is 5.01. The number of anilines is 1. The van der Waals surface area contributed by atoms with Gasteiger partial charge in [0.1, 0.15) is 0 Å². The van der Waals surface area contributed by atoms with E-state index in [9.17, 15) is 9.59 Å². The van der Waals surface area contributed by atoms with Crippen LogP contribution in [0.1, 0.15) is 31.8 Å². The van der Waals surface area contributed by atoms with Gasteiger partial charge in [0.2, 0.25) is 0 Å². The zero-order valence-corrected chi connectivity index (χ0v) is 14.1. The molecule has 0 aromatic heterocycles. The monoisotopic (exact) mass is 327 g/mol. The molecule has 122 valence electrons. The summed E-state index contributed by atoms with van der Waals surface area (Å²) in [7, 11) is 3.99. The van der Waals surface area contributed by atoms with Crippen LogP contribution in [0, 0.1) is 0 Å². The molecule has 3 aromatic carbocycles. The molecule has 3 nitrogen and oxygen atoms in total. The number of fused-ring (bicyclic) bond motifs is 2. The Kier molecular flexibility index (Phi) is 3.50. The molecule has 25 heavy (non-hydrogen) atoms. The largest absolute Gasteiger partial charge is 0.378 e. The molecule has 0 fully saturated rings. The quantitative estimate of drug-likeness (QED) is 0.554. The van der Waals surface area contributed by atoms with E-state index in [1.165, 1.54) is 0 Å². The number of ketones is 2. The smallest absolute Gasteiger partial charge is 0.194 e. The molecule has 0 N–H and O–H groups in total. The summed E-state index contributed by atoms with van der Waals surface area (Å²) in [4.78, 5) is 27.5. The fourth-order valence-electron chi connectivity index (χ4n) is 3.23. The molecule has 0 heterocycles. The summed E-state index contributed by atoms with van der Waals surface area (Å²) in [6, 6.07) is 20.6. The van der Waals surface area contributed by atoms with Crippen LogP contribution in [-0.2, 0) is 0 Å². The van der Waals surface area contributed by atoms with E-state index in [1.54, 1.807) is 30.3 Å². The van der Waals surface area contributed by atoms with Crippen molar-refractivity contribution in [2.24, 2.45) is 0 Å². The second kappa shape index (κ2) is 5.71. The summed E-state index contributed by atoms with van der Waals surface area (Å²) < 4.78 is 0. The Morgan fingerprint density at radius 1 is 0.600 bits per heavy atom.